The number of ether oxygens (including phenoxy) is 2. The summed E-state index contributed by atoms with van der Waals surface area (Å²) in [5.41, 5.74) is -2.63. The fourth-order valence-electron chi connectivity index (χ4n) is 10.5. The molecule has 0 unspecified atom stereocenters. The van der Waals surface area contributed by atoms with Crippen molar-refractivity contribution in [3.05, 3.63) is 0 Å². The first-order valence-electron chi connectivity index (χ1n) is 15.0. The van der Waals surface area contributed by atoms with Gasteiger partial charge >= 0.3 is 0 Å². The van der Waals surface area contributed by atoms with Gasteiger partial charge < -0.3 is 40.1 Å². The highest BCUT2D eigenvalue weighted by atomic mass is 16.8. The molecule has 0 radical (unpaired) electrons. The van der Waals surface area contributed by atoms with Crippen molar-refractivity contribution in [1.82, 2.24) is 0 Å². The van der Waals surface area contributed by atoms with Crippen molar-refractivity contribution >= 4 is 0 Å². The Morgan fingerprint density at radius 3 is 2.13 bits per heavy atom. The van der Waals surface area contributed by atoms with E-state index in [9.17, 15) is 30.6 Å². The van der Waals surface area contributed by atoms with Crippen LogP contribution in [0.25, 0.3) is 0 Å². The average molecular weight is 541 g/mol. The molecule has 0 amide bonds. The summed E-state index contributed by atoms with van der Waals surface area (Å²) in [5, 5.41) is 66.9. The molecule has 38 heavy (non-hydrogen) atoms. The maximum Gasteiger partial charge on any atom is 0.163 e. The summed E-state index contributed by atoms with van der Waals surface area (Å²) in [5.74, 6) is -1.70. The molecule has 0 spiro atoms. The van der Waals surface area contributed by atoms with Gasteiger partial charge in [0.2, 0.25) is 0 Å². The SMILES string of the molecule is C[C@H](CO)CCC[C@@H](C)[C@H]1[C@H]2OC(C)(C)O[C@H]2[C@@H]2[C@]1(C)CC[C@@H]1[C@@]3(C)CC[C@H](O)[C@H](O)[C@@H]3[C@@H](O)[C@@H](O)[C@]12O. The Morgan fingerprint density at radius 2 is 1.47 bits per heavy atom. The zero-order chi connectivity index (χ0) is 28.0. The predicted octanol–water partition coefficient (Wildman–Crippen LogP) is 2.21. The van der Waals surface area contributed by atoms with Gasteiger partial charge in [0, 0.05) is 18.4 Å². The fraction of sp³-hybridized carbons (Fsp3) is 1.00. The van der Waals surface area contributed by atoms with Crippen LogP contribution in [-0.4, -0.2) is 85.3 Å². The van der Waals surface area contributed by atoms with Crippen molar-refractivity contribution in [3.8, 4) is 0 Å². The van der Waals surface area contributed by atoms with Gasteiger partial charge in [-0.1, -0.05) is 40.5 Å². The van der Waals surface area contributed by atoms with Crippen LogP contribution in [0.1, 0.15) is 86.5 Å². The Morgan fingerprint density at radius 1 is 0.842 bits per heavy atom. The lowest BCUT2D eigenvalue weighted by Crippen LogP contribution is -2.77. The molecule has 220 valence electrons. The molecule has 0 bridgehead atoms. The van der Waals surface area contributed by atoms with Gasteiger partial charge in [-0.2, -0.15) is 0 Å². The summed E-state index contributed by atoms with van der Waals surface area (Å²) in [7, 11) is 0. The van der Waals surface area contributed by atoms with Crippen LogP contribution in [0.4, 0.5) is 0 Å². The molecule has 5 rings (SSSR count). The number of fused-ring (bicyclic) bond motifs is 7. The van der Waals surface area contributed by atoms with E-state index in [1.54, 1.807) is 0 Å². The lowest BCUT2D eigenvalue weighted by Gasteiger charge is -2.68. The van der Waals surface area contributed by atoms with Crippen LogP contribution >= 0.6 is 0 Å². The Hall–Kier alpha value is -0.320. The molecular formula is C30H52O8. The maximum atomic E-state index is 12.8. The Kier molecular flexibility index (Phi) is 7.39. The van der Waals surface area contributed by atoms with Gasteiger partial charge in [-0.05, 0) is 80.5 Å². The van der Waals surface area contributed by atoms with Gasteiger partial charge in [-0.25, -0.2) is 0 Å². The molecule has 6 N–H and O–H groups in total. The summed E-state index contributed by atoms with van der Waals surface area (Å²) in [6, 6.07) is 0. The summed E-state index contributed by atoms with van der Waals surface area (Å²) in [6.07, 6.45) is -0.203. The third kappa shape index (κ3) is 3.99. The van der Waals surface area contributed by atoms with Crippen LogP contribution in [0.15, 0.2) is 0 Å². The fourth-order valence-corrected chi connectivity index (χ4v) is 10.5. The Labute approximate surface area is 227 Å². The minimum atomic E-state index is -1.62. The molecular weight excluding hydrogens is 488 g/mol. The van der Waals surface area contributed by atoms with Gasteiger partial charge in [-0.15, -0.1) is 0 Å². The number of rotatable bonds is 6. The first kappa shape index (κ1) is 29.2. The van der Waals surface area contributed by atoms with E-state index in [2.05, 4.69) is 20.8 Å². The molecule has 0 aromatic rings. The van der Waals surface area contributed by atoms with E-state index >= 15 is 0 Å². The molecule has 1 aliphatic heterocycles. The Balaban J connectivity index is 1.53. The zero-order valence-corrected chi connectivity index (χ0v) is 24.1. The van der Waals surface area contributed by atoms with Gasteiger partial charge in [-0.3, -0.25) is 0 Å². The lowest BCUT2D eigenvalue weighted by molar-refractivity contribution is -0.327. The first-order chi connectivity index (χ1) is 17.6. The summed E-state index contributed by atoms with van der Waals surface area (Å²) in [6.45, 7) is 12.5. The smallest absolute Gasteiger partial charge is 0.163 e. The van der Waals surface area contributed by atoms with Crippen molar-refractivity contribution in [3.63, 3.8) is 0 Å². The summed E-state index contributed by atoms with van der Waals surface area (Å²) < 4.78 is 13.1. The van der Waals surface area contributed by atoms with Crippen molar-refractivity contribution in [2.45, 2.75) is 135 Å². The highest BCUT2D eigenvalue weighted by molar-refractivity contribution is 5.26. The van der Waals surface area contributed by atoms with Gasteiger partial charge in [0.1, 0.15) is 11.7 Å². The van der Waals surface area contributed by atoms with E-state index in [1.165, 1.54) is 0 Å². The van der Waals surface area contributed by atoms with Crippen molar-refractivity contribution < 1.29 is 40.1 Å². The molecule has 5 fully saturated rings. The molecule has 8 nitrogen and oxygen atoms in total. The third-order valence-corrected chi connectivity index (χ3v) is 12.1. The highest BCUT2D eigenvalue weighted by Gasteiger charge is 2.78. The van der Waals surface area contributed by atoms with Gasteiger partial charge in [0.25, 0.3) is 0 Å². The number of hydrogen-bond acceptors (Lipinski definition) is 8. The van der Waals surface area contributed by atoms with Crippen molar-refractivity contribution in [2.75, 3.05) is 6.61 Å². The second kappa shape index (κ2) is 9.62. The maximum absolute atomic E-state index is 12.8. The van der Waals surface area contributed by atoms with Crippen LogP contribution in [0.3, 0.4) is 0 Å². The second-order valence-corrected chi connectivity index (χ2v) is 14.8. The van der Waals surface area contributed by atoms with E-state index in [0.29, 0.717) is 19.3 Å². The average Bonchev–Trinajstić information content (AvgIpc) is 3.26. The molecule has 15 atom stereocenters. The largest absolute Gasteiger partial charge is 0.396 e. The molecule has 0 aromatic carbocycles. The molecule has 4 saturated carbocycles. The lowest BCUT2D eigenvalue weighted by atomic mass is 9.40. The minimum Gasteiger partial charge on any atom is -0.396 e. The number of aliphatic hydroxyl groups excluding tert-OH is 5. The summed E-state index contributed by atoms with van der Waals surface area (Å²) >= 11 is 0. The monoisotopic (exact) mass is 540 g/mol. The molecule has 1 heterocycles. The second-order valence-electron chi connectivity index (χ2n) is 14.8. The Bertz CT molecular complexity index is 882. The molecule has 0 aromatic heterocycles. The third-order valence-electron chi connectivity index (χ3n) is 12.1. The topological polar surface area (TPSA) is 140 Å². The van der Waals surface area contributed by atoms with Crippen molar-refractivity contribution in [1.29, 1.82) is 0 Å². The van der Waals surface area contributed by atoms with Crippen LogP contribution in [0.2, 0.25) is 0 Å². The van der Waals surface area contributed by atoms with Crippen molar-refractivity contribution in [2.24, 2.45) is 46.3 Å². The van der Waals surface area contributed by atoms with Gasteiger partial charge in [0.05, 0.1) is 30.5 Å². The van der Waals surface area contributed by atoms with Crippen LogP contribution in [0.5, 0.6) is 0 Å². The quantitative estimate of drug-likeness (QED) is 0.301. The molecule has 1 saturated heterocycles. The van der Waals surface area contributed by atoms with Crippen LogP contribution < -0.4 is 0 Å². The number of aliphatic hydroxyl groups is 6. The minimum absolute atomic E-state index is 0.0994. The van der Waals surface area contributed by atoms with E-state index in [-0.39, 0.29) is 41.8 Å². The predicted molar refractivity (Wildman–Crippen MR) is 141 cm³/mol. The van der Waals surface area contributed by atoms with E-state index < -0.39 is 59.2 Å². The first-order valence-corrected chi connectivity index (χ1v) is 15.0. The zero-order valence-electron chi connectivity index (χ0n) is 24.1. The van der Waals surface area contributed by atoms with Gasteiger partial charge in [0.15, 0.2) is 5.79 Å². The standard InChI is InChI=1S/C30H52O8/c1-15(14-31)8-7-9-16(2)19-23-24(38-27(3,4)37-23)25-29(19,6)13-11-18-28(5)12-10-17(32)21(33)20(28)22(34)26(35)30(18,25)36/h15-26,31-36H,7-14H2,1-6H3/t15-,16+,17-,18+,19-,20+,21-,22+,23+,24+,25+,26+,28+,29+,30-/m0/s1. The normalized spacial score (nSPS) is 54.9. The highest BCUT2D eigenvalue weighted by Crippen LogP contribution is 2.71. The van der Waals surface area contributed by atoms with E-state index in [4.69, 9.17) is 9.47 Å². The van der Waals surface area contributed by atoms with Crippen LogP contribution in [-0.2, 0) is 9.47 Å². The molecule has 8 heteroatoms. The summed E-state index contributed by atoms with van der Waals surface area (Å²) in [4.78, 5) is 0. The van der Waals surface area contributed by atoms with E-state index in [1.807, 2.05) is 20.8 Å². The molecule has 5 aliphatic rings. The van der Waals surface area contributed by atoms with E-state index in [0.717, 1.165) is 25.7 Å². The van der Waals surface area contributed by atoms with Crippen LogP contribution in [0, 0.1) is 46.3 Å². The molecule has 4 aliphatic carbocycles. The number of hydrogen-bond donors (Lipinski definition) is 6.